The van der Waals surface area contributed by atoms with E-state index in [9.17, 15) is 9.59 Å². The molecule has 29 heavy (non-hydrogen) atoms. The number of anilines is 1. The summed E-state index contributed by atoms with van der Waals surface area (Å²) in [5.74, 6) is -0.105. The summed E-state index contributed by atoms with van der Waals surface area (Å²) in [6.07, 6.45) is 0. The summed E-state index contributed by atoms with van der Waals surface area (Å²) in [5.41, 5.74) is 0.255. The quantitative estimate of drug-likeness (QED) is 0.641. The number of nitrogens with zero attached hydrogens (tertiary/aromatic N) is 3. The molecule has 2 heterocycles. The van der Waals surface area contributed by atoms with Crippen LogP contribution in [0.3, 0.4) is 0 Å². The van der Waals surface area contributed by atoms with Crippen molar-refractivity contribution in [3.8, 4) is 5.75 Å². The van der Waals surface area contributed by atoms with E-state index >= 15 is 0 Å². The van der Waals surface area contributed by atoms with Crippen LogP contribution in [-0.2, 0) is 4.79 Å². The van der Waals surface area contributed by atoms with Gasteiger partial charge in [0, 0.05) is 27.5 Å². The van der Waals surface area contributed by atoms with Crippen molar-refractivity contribution >= 4 is 40.4 Å². The van der Waals surface area contributed by atoms with Crippen LogP contribution < -0.4 is 15.0 Å². The zero-order valence-electron chi connectivity index (χ0n) is 16.6. The molecule has 3 rings (SSSR count). The van der Waals surface area contributed by atoms with E-state index in [2.05, 4.69) is 14.9 Å². The average Bonchev–Trinajstić information content (AvgIpc) is 3.37. The fraction of sp³-hybridized carbons (Fsp3) is 0.300. The van der Waals surface area contributed by atoms with E-state index in [1.165, 1.54) is 16.2 Å². The fourth-order valence-corrected chi connectivity index (χ4v) is 4.03. The summed E-state index contributed by atoms with van der Waals surface area (Å²) < 4.78 is 9.13. The van der Waals surface area contributed by atoms with E-state index in [1.807, 2.05) is 38.3 Å². The molecule has 1 unspecified atom stereocenters. The van der Waals surface area contributed by atoms with Crippen molar-refractivity contribution in [2.45, 2.75) is 32.4 Å². The van der Waals surface area contributed by atoms with Crippen molar-refractivity contribution in [2.75, 3.05) is 12.0 Å². The summed E-state index contributed by atoms with van der Waals surface area (Å²) >= 11 is 2.50. The molecule has 2 amide bonds. The van der Waals surface area contributed by atoms with Gasteiger partial charge in [-0.2, -0.15) is 0 Å². The van der Waals surface area contributed by atoms with Gasteiger partial charge in [-0.3, -0.25) is 14.5 Å². The molecular weight excluding hydrogens is 408 g/mol. The molecule has 152 valence electrons. The molecule has 0 aliphatic heterocycles. The van der Waals surface area contributed by atoms with Crippen LogP contribution in [0, 0.1) is 0 Å². The van der Waals surface area contributed by atoms with Gasteiger partial charge in [0.15, 0.2) is 11.7 Å². The monoisotopic (exact) mass is 430 g/mol. The second kappa shape index (κ2) is 8.71. The van der Waals surface area contributed by atoms with Gasteiger partial charge >= 0.3 is 0 Å². The van der Waals surface area contributed by atoms with Gasteiger partial charge in [-0.15, -0.1) is 16.4 Å². The van der Waals surface area contributed by atoms with Crippen LogP contribution >= 0.6 is 22.9 Å². The minimum Gasteiger partial charge on any atom is -0.497 e. The molecule has 0 radical (unpaired) electrons. The Kier molecular flexibility index (Phi) is 6.29. The second-order valence-corrected chi connectivity index (χ2v) is 8.91. The molecule has 1 N–H and O–H groups in total. The largest absolute Gasteiger partial charge is 0.497 e. The maximum atomic E-state index is 13.4. The molecule has 0 aliphatic carbocycles. The van der Waals surface area contributed by atoms with Gasteiger partial charge in [0.1, 0.15) is 5.75 Å². The number of rotatable bonds is 6. The van der Waals surface area contributed by atoms with Crippen LogP contribution in [0.1, 0.15) is 42.2 Å². The maximum Gasteiger partial charge on any atom is 0.280 e. The third-order valence-electron chi connectivity index (χ3n) is 3.95. The molecule has 3 aromatic rings. The van der Waals surface area contributed by atoms with E-state index in [-0.39, 0.29) is 11.6 Å². The lowest BCUT2D eigenvalue weighted by atomic mass is 10.1. The van der Waals surface area contributed by atoms with Gasteiger partial charge in [0.05, 0.1) is 7.11 Å². The molecule has 2 aromatic heterocycles. The number of benzene rings is 1. The van der Waals surface area contributed by atoms with Gasteiger partial charge in [0.2, 0.25) is 5.91 Å². The highest BCUT2D eigenvalue weighted by Crippen LogP contribution is 2.34. The zero-order chi connectivity index (χ0) is 21.0. The zero-order valence-corrected chi connectivity index (χ0v) is 18.2. The van der Waals surface area contributed by atoms with Crippen LogP contribution in [0.25, 0.3) is 0 Å². The Hall–Kier alpha value is -2.78. The van der Waals surface area contributed by atoms with Crippen molar-refractivity contribution in [3.63, 3.8) is 0 Å². The van der Waals surface area contributed by atoms with Gasteiger partial charge in [-0.25, -0.2) is 0 Å². The lowest BCUT2D eigenvalue weighted by Crippen LogP contribution is -2.49. The topological polar surface area (TPSA) is 84.4 Å². The van der Waals surface area contributed by atoms with Gasteiger partial charge in [-0.1, -0.05) is 16.6 Å². The molecular formula is C20H22N4O3S2. The third-order valence-corrected chi connectivity index (χ3v) is 5.38. The molecule has 0 saturated heterocycles. The standard InChI is InChI=1S/C20H22N4O3S2/c1-20(2,3)21-18(25)17(16-9-6-10-28-16)24(19(26)15-12-29-23-22-15)13-7-5-8-14(11-13)27-4/h5-12,17H,1-4H3,(H,21,25). The fourth-order valence-electron chi connectivity index (χ4n) is 2.78. The van der Waals surface area contributed by atoms with Crippen molar-refractivity contribution in [1.29, 1.82) is 0 Å². The first-order chi connectivity index (χ1) is 13.8. The van der Waals surface area contributed by atoms with E-state index < -0.39 is 17.5 Å². The highest BCUT2D eigenvalue weighted by molar-refractivity contribution is 7.10. The minimum atomic E-state index is -0.865. The normalized spacial score (nSPS) is 12.3. The van der Waals surface area contributed by atoms with Crippen LogP contribution in [-0.4, -0.2) is 34.1 Å². The highest BCUT2D eigenvalue weighted by atomic mass is 32.1. The Bertz CT molecular complexity index is 966. The van der Waals surface area contributed by atoms with Crippen molar-refractivity contribution < 1.29 is 14.3 Å². The number of hydrogen-bond acceptors (Lipinski definition) is 7. The number of aromatic nitrogens is 2. The van der Waals surface area contributed by atoms with Gasteiger partial charge in [-0.05, 0) is 55.9 Å². The second-order valence-electron chi connectivity index (χ2n) is 7.32. The predicted molar refractivity (Wildman–Crippen MR) is 115 cm³/mol. The molecule has 9 heteroatoms. The number of ether oxygens (including phenoxy) is 1. The molecule has 0 saturated carbocycles. The van der Waals surface area contributed by atoms with Crippen LogP contribution in [0.15, 0.2) is 47.2 Å². The summed E-state index contributed by atoms with van der Waals surface area (Å²) in [6.45, 7) is 5.70. The number of thiophene rings is 1. The Labute approximate surface area is 177 Å². The van der Waals surface area contributed by atoms with Crippen LogP contribution in [0.2, 0.25) is 0 Å². The number of carbonyl (C=O) groups excluding carboxylic acids is 2. The van der Waals surface area contributed by atoms with Crippen molar-refractivity contribution in [2.24, 2.45) is 0 Å². The van der Waals surface area contributed by atoms with Crippen LogP contribution in [0.5, 0.6) is 5.75 Å². The smallest absolute Gasteiger partial charge is 0.280 e. The SMILES string of the molecule is COc1cccc(N(C(=O)c2csnn2)C(C(=O)NC(C)(C)C)c2cccs2)c1. The Balaban J connectivity index is 2.14. The Morgan fingerprint density at radius 1 is 1.21 bits per heavy atom. The van der Waals surface area contributed by atoms with E-state index in [0.29, 0.717) is 11.4 Å². The molecule has 0 fully saturated rings. The lowest BCUT2D eigenvalue weighted by Gasteiger charge is -2.32. The minimum absolute atomic E-state index is 0.183. The number of nitrogens with one attached hydrogen (secondary N) is 1. The first-order valence-electron chi connectivity index (χ1n) is 8.90. The predicted octanol–water partition coefficient (Wildman–Crippen LogP) is 3.91. The van der Waals surface area contributed by atoms with Gasteiger partial charge in [0.25, 0.3) is 5.91 Å². The maximum absolute atomic E-state index is 13.4. The molecule has 1 aromatic carbocycles. The summed E-state index contributed by atoms with van der Waals surface area (Å²) in [5, 5.41) is 10.4. The summed E-state index contributed by atoms with van der Waals surface area (Å²) in [6, 6.07) is 9.89. The number of methoxy groups -OCH3 is 1. The molecule has 0 aliphatic rings. The van der Waals surface area contributed by atoms with E-state index in [0.717, 1.165) is 16.4 Å². The number of hydrogen-bond donors (Lipinski definition) is 1. The van der Waals surface area contributed by atoms with E-state index in [1.54, 1.807) is 36.8 Å². The number of carbonyl (C=O) groups is 2. The number of amides is 2. The summed E-state index contributed by atoms with van der Waals surface area (Å²) in [7, 11) is 1.55. The van der Waals surface area contributed by atoms with Crippen molar-refractivity contribution in [1.82, 2.24) is 14.9 Å². The molecule has 1 atom stereocenters. The third kappa shape index (κ3) is 4.99. The Morgan fingerprint density at radius 2 is 2.00 bits per heavy atom. The lowest BCUT2D eigenvalue weighted by molar-refractivity contribution is -0.123. The van der Waals surface area contributed by atoms with Crippen LogP contribution in [0.4, 0.5) is 5.69 Å². The average molecular weight is 431 g/mol. The first kappa shape index (κ1) is 20.9. The van der Waals surface area contributed by atoms with E-state index in [4.69, 9.17) is 4.74 Å². The highest BCUT2D eigenvalue weighted by Gasteiger charge is 2.36. The van der Waals surface area contributed by atoms with Crippen molar-refractivity contribution in [3.05, 3.63) is 57.7 Å². The first-order valence-corrected chi connectivity index (χ1v) is 10.6. The molecule has 7 nitrogen and oxygen atoms in total. The van der Waals surface area contributed by atoms with Gasteiger partial charge < -0.3 is 10.1 Å². The molecule has 0 spiro atoms. The Morgan fingerprint density at radius 3 is 2.59 bits per heavy atom. The molecule has 0 bridgehead atoms. The summed E-state index contributed by atoms with van der Waals surface area (Å²) in [4.78, 5) is 29.0.